The van der Waals surface area contributed by atoms with Crippen molar-refractivity contribution in [3.63, 3.8) is 0 Å². The van der Waals surface area contributed by atoms with Crippen molar-refractivity contribution in [3.05, 3.63) is 34.9 Å². The number of rotatable bonds is 3. The van der Waals surface area contributed by atoms with Crippen LogP contribution in [-0.4, -0.2) is 18.5 Å². The van der Waals surface area contributed by atoms with Gasteiger partial charge in [0, 0.05) is 0 Å². The third-order valence-electron chi connectivity index (χ3n) is 4.86. The maximum absolute atomic E-state index is 12.3. The van der Waals surface area contributed by atoms with Crippen LogP contribution in [0.1, 0.15) is 61.8 Å². The highest BCUT2D eigenvalue weighted by atomic mass is 35.5. The molecule has 1 aromatic rings. The third-order valence-corrected chi connectivity index (χ3v) is 4.86. The molecule has 1 amide bonds. The van der Waals surface area contributed by atoms with E-state index in [1.54, 1.807) is 0 Å². The Morgan fingerprint density at radius 2 is 1.95 bits per heavy atom. The number of carbonyl (C=O) groups excluding carboxylic acids is 1. The number of piperidine rings is 1. The Bertz CT molecular complexity index is 512. The lowest BCUT2D eigenvalue weighted by Crippen LogP contribution is -2.47. The van der Waals surface area contributed by atoms with Crippen molar-refractivity contribution in [2.45, 2.75) is 64.0 Å². The number of halogens is 1. The van der Waals surface area contributed by atoms with Crippen molar-refractivity contribution in [2.75, 3.05) is 6.54 Å². The van der Waals surface area contributed by atoms with Gasteiger partial charge in [-0.1, -0.05) is 24.6 Å². The first-order valence-corrected chi connectivity index (χ1v) is 8.39. The number of carbonyl (C=O) groups is 1. The number of benzene rings is 1. The molecular weight excluding hydrogens is 296 g/mol. The lowest BCUT2D eigenvalue weighted by Gasteiger charge is -2.25. The molecule has 1 heterocycles. The van der Waals surface area contributed by atoms with Gasteiger partial charge in [0.25, 0.3) is 0 Å². The maximum Gasteiger partial charge on any atom is 0.237 e. The molecule has 0 radical (unpaired) electrons. The normalized spacial score (nSPS) is 22.1. The molecule has 0 aromatic heterocycles. The number of hydrogen-bond acceptors (Lipinski definition) is 2. The molecule has 3 nitrogen and oxygen atoms in total. The van der Waals surface area contributed by atoms with Gasteiger partial charge in [-0.05, 0) is 68.7 Å². The fourth-order valence-corrected chi connectivity index (χ4v) is 3.50. The predicted molar refractivity (Wildman–Crippen MR) is 92.5 cm³/mol. The van der Waals surface area contributed by atoms with E-state index >= 15 is 0 Å². The van der Waals surface area contributed by atoms with Gasteiger partial charge in [-0.25, -0.2) is 0 Å². The lowest BCUT2D eigenvalue weighted by molar-refractivity contribution is -0.124. The molecule has 1 aromatic carbocycles. The zero-order chi connectivity index (χ0) is 14.7. The molecule has 3 rings (SSSR count). The first kappa shape index (κ1) is 17.3. The first-order chi connectivity index (χ1) is 10.2. The summed E-state index contributed by atoms with van der Waals surface area (Å²) in [6.07, 6.45) is 8.30. The Balaban J connectivity index is 0.00000176. The maximum atomic E-state index is 12.3. The van der Waals surface area contributed by atoms with Crippen LogP contribution in [0.3, 0.4) is 0 Å². The number of hydrogen-bond donors (Lipinski definition) is 2. The van der Waals surface area contributed by atoms with E-state index in [2.05, 4.69) is 35.8 Å². The summed E-state index contributed by atoms with van der Waals surface area (Å²) < 4.78 is 0. The Morgan fingerprint density at radius 3 is 2.68 bits per heavy atom. The molecule has 0 bridgehead atoms. The van der Waals surface area contributed by atoms with E-state index in [1.165, 1.54) is 48.8 Å². The van der Waals surface area contributed by atoms with Crippen LogP contribution in [0.15, 0.2) is 18.2 Å². The average Bonchev–Trinajstić information content (AvgIpc) is 2.55. The summed E-state index contributed by atoms with van der Waals surface area (Å²) >= 11 is 0. The predicted octanol–water partition coefficient (Wildman–Crippen LogP) is 3.31. The van der Waals surface area contributed by atoms with Crippen LogP contribution in [0, 0.1) is 0 Å². The summed E-state index contributed by atoms with van der Waals surface area (Å²) in [6, 6.07) is 6.83. The number of aryl methyl sites for hydroxylation is 2. The van der Waals surface area contributed by atoms with E-state index in [9.17, 15) is 4.79 Å². The molecule has 2 atom stereocenters. The topological polar surface area (TPSA) is 41.1 Å². The summed E-state index contributed by atoms with van der Waals surface area (Å²) in [5.41, 5.74) is 4.22. The van der Waals surface area contributed by atoms with Gasteiger partial charge >= 0.3 is 0 Å². The van der Waals surface area contributed by atoms with Crippen LogP contribution >= 0.6 is 12.4 Å². The van der Waals surface area contributed by atoms with Crippen LogP contribution < -0.4 is 10.6 Å². The quantitative estimate of drug-likeness (QED) is 0.896. The average molecular weight is 323 g/mol. The first-order valence-electron chi connectivity index (χ1n) is 8.39. The van der Waals surface area contributed by atoms with E-state index < -0.39 is 0 Å². The highest BCUT2D eigenvalue weighted by Crippen LogP contribution is 2.24. The standard InChI is InChI=1S/C18H26N2O.ClH/c1-13(20-18(21)17-8-4-5-11-19-17)15-10-9-14-6-2-3-7-16(14)12-15;/h9-10,12-13,17,19H,2-8,11H2,1H3,(H,20,21);1H. The van der Waals surface area contributed by atoms with E-state index in [-0.39, 0.29) is 30.4 Å². The summed E-state index contributed by atoms with van der Waals surface area (Å²) in [5, 5.41) is 6.48. The van der Waals surface area contributed by atoms with Gasteiger partial charge in [-0.2, -0.15) is 0 Å². The molecule has 1 aliphatic carbocycles. The fourth-order valence-electron chi connectivity index (χ4n) is 3.50. The second-order valence-corrected chi connectivity index (χ2v) is 6.47. The minimum absolute atomic E-state index is 0. The molecular formula is C18H27ClN2O. The van der Waals surface area contributed by atoms with Crippen molar-refractivity contribution in [3.8, 4) is 0 Å². The van der Waals surface area contributed by atoms with Crippen molar-refractivity contribution in [1.82, 2.24) is 10.6 Å². The number of nitrogens with one attached hydrogen (secondary N) is 2. The largest absolute Gasteiger partial charge is 0.348 e. The zero-order valence-electron chi connectivity index (χ0n) is 13.4. The van der Waals surface area contributed by atoms with E-state index in [1.807, 2.05) is 0 Å². The summed E-state index contributed by atoms with van der Waals surface area (Å²) in [7, 11) is 0. The highest BCUT2D eigenvalue weighted by Gasteiger charge is 2.22. The van der Waals surface area contributed by atoms with E-state index in [4.69, 9.17) is 0 Å². The Morgan fingerprint density at radius 1 is 1.18 bits per heavy atom. The molecule has 4 heteroatoms. The van der Waals surface area contributed by atoms with Crippen LogP contribution in [0.25, 0.3) is 0 Å². The Labute approximate surface area is 139 Å². The van der Waals surface area contributed by atoms with Gasteiger partial charge < -0.3 is 10.6 Å². The Hall–Kier alpha value is -1.06. The van der Waals surface area contributed by atoms with Gasteiger partial charge in [0.15, 0.2) is 0 Å². The molecule has 2 aliphatic rings. The molecule has 1 saturated heterocycles. The van der Waals surface area contributed by atoms with E-state index in [0.29, 0.717) is 0 Å². The molecule has 2 N–H and O–H groups in total. The number of fused-ring (bicyclic) bond motifs is 1. The molecule has 0 saturated carbocycles. The highest BCUT2D eigenvalue weighted by molar-refractivity contribution is 5.85. The minimum Gasteiger partial charge on any atom is -0.348 e. The third kappa shape index (κ3) is 4.02. The van der Waals surface area contributed by atoms with Crippen molar-refractivity contribution in [2.24, 2.45) is 0 Å². The molecule has 1 aliphatic heterocycles. The van der Waals surface area contributed by atoms with Crippen LogP contribution in [0.2, 0.25) is 0 Å². The van der Waals surface area contributed by atoms with Crippen molar-refractivity contribution in [1.29, 1.82) is 0 Å². The van der Waals surface area contributed by atoms with Crippen LogP contribution in [0.5, 0.6) is 0 Å². The fraction of sp³-hybridized carbons (Fsp3) is 0.611. The van der Waals surface area contributed by atoms with Gasteiger partial charge in [0.2, 0.25) is 5.91 Å². The molecule has 1 fully saturated rings. The van der Waals surface area contributed by atoms with E-state index in [0.717, 1.165) is 19.4 Å². The molecule has 122 valence electrons. The minimum atomic E-state index is -0.00109. The number of amides is 1. The summed E-state index contributed by atoms with van der Waals surface area (Å²) in [6.45, 7) is 3.05. The molecule has 22 heavy (non-hydrogen) atoms. The smallest absolute Gasteiger partial charge is 0.237 e. The molecule has 2 unspecified atom stereocenters. The van der Waals surface area contributed by atoms with Crippen molar-refractivity contribution >= 4 is 18.3 Å². The van der Waals surface area contributed by atoms with Gasteiger partial charge in [-0.15, -0.1) is 12.4 Å². The lowest BCUT2D eigenvalue weighted by atomic mass is 9.89. The van der Waals surface area contributed by atoms with Gasteiger partial charge in [-0.3, -0.25) is 4.79 Å². The Kier molecular flexibility index (Phi) is 6.27. The van der Waals surface area contributed by atoms with Gasteiger partial charge in [0.05, 0.1) is 12.1 Å². The van der Waals surface area contributed by atoms with Crippen LogP contribution in [-0.2, 0) is 17.6 Å². The second-order valence-electron chi connectivity index (χ2n) is 6.47. The SMILES string of the molecule is CC(NC(=O)C1CCCCN1)c1ccc2c(c1)CCCC2.Cl. The molecule has 0 spiro atoms. The summed E-state index contributed by atoms with van der Waals surface area (Å²) in [5.74, 6) is 0.153. The summed E-state index contributed by atoms with van der Waals surface area (Å²) in [4.78, 5) is 12.3. The monoisotopic (exact) mass is 322 g/mol. The second kappa shape index (κ2) is 7.98. The van der Waals surface area contributed by atoms with Gasteiger partial charge in [0.1, 0.15) is 0 Å². The van der Waals surface area contributed by atoms with Crippen molar-refractivity contribution < 1.29 is 4.79 Å². The van der Waals surface area contributed by atoms with Crippen LogP contribution in [0.4, 0.5) is 0 Å². The zero-order valence-corrected chi connectivity index (χ0v) is 14.2.